The van der Waals surface area contributed by atoms with Crippen LogP contribution in [0, 0.1) is 0 Å². The number of hydrogen-bond donors (Lipinski definition) is 2. The molecule has 0 fully saturated rings. The minimum absolute atomic E-state index is 0.148. The second kappa shape index (κ2) is 6.07. The molecule has 0 saturated heterocycles. The Bertz CT molecular complexity index is 771. The Hall–Kier alpha value is -2.69. The van der Waals surface area contributed by atoms with E-state index in [0.29, 0.717) is 23.4 Å². The molecule has 0 bridgehead atoms. The van der Waals surface area contributed by atoms with E-state index < -0.39 is 0 Å². The number of rotatable bonds is 3. The van der Waals surface area contributed by atoms with Crippen LogP contribution in [0.5, 0.6) is 11.5 Å². The first-order chi connectivity index (χ1) is 11.4. The lowest BCUT2D eigenvalue weighted by molar-refractivity contribution is 0.0620. The van der Waals surface area contributed by atoms with Gasteiger partial charge in [0, 0.05) is 23.2 Å². The monoisotopic (exact) mass is 326 g/mol. The third-order valence-corrected chi connectivity index (χ3v) is 4.13. The molecule has 0 spiro atoms. The van der Waals surface area contributed by atoms with E-state index in [9.17, 15) is 4.79 Å². The summed E-state index contributed by atoms with van der Waals surface area (Å²) in [7, 11) is 1.58. The molecule has 5 heteroatoms. The highest BCUT2D eigenvalue weighted by molar-refractivity contribution is 5.95. The van der Waals surface area contributed by atoms with E-state index in [1.165, 1.54) is 0 Å². The summed E-state index contributed by atoms with van der Waals surface area (Å²) in [5.74, 6) is 1.26. The van der Waals surface area contributed by atoms with E-state index in [2.05, 4.69) is 5.32 Å². The summed E-state index contributed by atoms with van der Waals surface area (Å²) >= 11 is 0. The van der Waals surface area contributed by atoms with Crippen molar-refractivity contribution in [2.24, 2.45) is 0 Å². The van der Waals surface area contributed by atoms with Crippen molar-refractivity contribution in [2.45, 2.75) is 31.9 Å². The van der Waals surface area contributed by atoms with E-state index in [-0.39, 0.29) is 17.6 Å². The first kappa shape index (κ1) is 16.2. The van der Waals surface area contributed by atoms with Crippen LogP contribution >= 0.6 is 0 Å². The molecule has 5 nitrogen and oxygen atoms in total. The third-order valence-electron chi connectivity index (χ3n) is 4.13. The van der Waals surface area contributed by atoms with Crippen LogP contribution in [0.1, 0.15) is 42.2 Å². The highest BCUT2D eigenvalue weighted by Gasteiger charge is 2.34. The van der Waals surface area contributed by atoms with Crippen LogP contribution in [-0.2, 0) is 0 Å². The van der Waals surface area contributed by atoms with Gasteiger partial charge in [0.25, 0.3) is 5.91 Å². The van der Waals surface area contributed by atoms with Crippen LogP contribution in [0.15, 0.2) is 42.5 Å². The van der Waals surface area contributed by atoms with Gasteiger partial charge in [-0.1, -0.05) is 6.07 Å². The Morgan fingerprint density at radius 2 is 2.08 bits per heavy atom. The molecule has 1 atom stereocenters. The van der Waals surface area contributed by atoms with Gasteiger partial charge in [-0.25, -0.2) is 0 Å². The minimum atomic E-state index is -0.366. The van der Waals surface area contributed by atoms with Gasteiger partial charge in [-0.3, -0.25) is 4.79 Å². The third kappa shape index (κ3) is 3.30. The Balaban J connectivity index is 1.88. The second-order valence-corrected chi connectivity index (χ2v) is 6.62. The zero-order valence-corrected chi connectivity index (χ0v) is 14.1. The van der Waals surface area contributed by atoms with Gasteiger partial charge in [0.1, 0.15) is 17.1 Å². The molecule has 1 heterocycles. The maximum Gasteiger partial charge on any atom is 0.251 e. The number of amides is 1. The number of carbonyl (C=O) groups excluding carboxylic acids is 1. The number of ether oxygens (including phenoxy) is 2. The van der Waals surface area contributed by atoms with Crippen LogP contribution in [-0.4, -0.2) is 18.6 Å². The molecule has 2 aromatic rings. The smallest absolute Gasteiger partial charge is 0.251 e. The topological polar surface area (TPSA) is 73.6 Å². The largest absolute Gasteiger partial charge is 0.497 e. The molecule has 1 aliphatic rings. The van der Waals surface area contributed by atoms with Crippen molar-refractivity contribution in [3.63, 3.8) is 0 Å². The van der Waals surface area contributed by atoms with Gasteiger partial charge in [0.2, 0.25) is 0 Å². The molecule has 2 aromatic carbocycles. The fourth-order valence-electron chi connectivity index (χ4n) is 3.01. The fourth-order valence-corrected chi connectivity index (χ4v) is 3.01. The maximum atomic E-state index is 12.6. The number of nitrogens with one attached hydrogen (secondary N) is 1. The van der Waals surface area contributed by atoms with Gasteiger partial charge in [0.15, 0.2) is 0 Å². The fraction of sp³-hybridized carbons (Fsp3) is 0.316. The van der Waals surface area contributed by atoms with Crippen molar-refractivity contribution < 1.29 is 14.3 Å². The van der Waals surface area contributed by atoms with Crippen LogP contribution in [0.4, 0.5) is 5.69 Å². The molecular weight excluding hydrogens is 304 g/mol. The van der Waals surface area contributed by atoms with Gasteiger partial charge in [-0.2, -0.15) is 0 Å². The van der Waals surface area contributed by atoms with Crippen LogP contribution < -0.4 is 20.5 Å². The second-order valence-electron chi connectivity index (χ2n) is 6.62. The lowest BCUT2D eigenvalue weighted by Gasteiger charge is -2.38. The first-order valence-electron chi connectivity index (χ1n) is 7.91. The van der Waals surface area contributed by atoms with Crippen LogP contribution in [0.25, 0.3) is 0 Å². The van der Waals surface area contributed by atoms with Gasteiger partial charge < -0.3 is 20.5 Å². The standard InChI is InChI=1S/C19H22N2O3/c1-19(2)11-16(15-10-13(20)7-8-17(15)24-19)21-18(22)12-5-4-6-14(9-12)23-3/h4-10,16H,11,20H2,1-3H3,(H,21,22). The van der Waals surface area contributed by atoms with Crippen molar-refractivity contribution in [2.75, 3.05) is 12.8 Å². The number of hydrogen-bond acceptors (Lipinski definition) is 4. The van der Waals surface area contributed by atoms with Crippen molar-refractivity contribution in [1.29, 1.82) is 0 Å². The predicted octanol–water partition coefficient (Wildman–Crippen LogP) is 3.31. The van der Waals surface area contributed by atoms with Crippen LogP contribution in [0.2, 0.25) is 0 Å². The minimum Gasteiger partial charge on any atom is -0.497 e. The summed E-state index contributed by atoms with van der Waals surface area (Å²) in [6, 6.07) is 12.5. The lowest BCUT2D eigenvalue weighted by atomic mass is 9.89. The molecule has 0 saturated carbocycles. The summed E-state index contributed by atoms with van der Waals surface area (Å²) in [5.41, 5.74) is 7.66. The normalized spacial score (nSPS) is 18.2. The highest BCUT2D eigenvalue weighted by atomic mass is 16.5. The molecule has 1 unspecified atom stereocenters. The molecule has 1 amide bonds. The highest BCUT2D eigenvalue weighted by Crippen LogP contribution is 2.40. The summed E-state index contributed by atoms with van der Waals surface area (Å²) in [5, 5.41) is 3.10. The molecule has 1 aliphatic heterocycles. The average Bonchev–Trinajstić information content (AvgIpc) is 2.55. The Kier molecular flexibility index (Phi) is 4.09. The number of anilines is 1. The molecule has 0 aromatic heterocycles. The van der Waals surface area contributed by atoms with Gasteiger partial charge in [-0.05, 0) is 50.2 Å². The molecule has 3 rings (SSSR count). The van der Waals surface area contributed by atoms with Gasteiger partial charge in [0.05, 0.1) is 13.2 Å². The molecule has 0 radical (unpaired) electrons. The molecule has 0 aliphatic carbocycles. The van der Waals surface area contributed by atoms with Crippen molar-refractivity contribution in [1.82, 2.24) is 5.32 Å². The van der Waals surface area contributed by atoms with Gasteiger partial charge >= 0.3 is 0 Å². The number of carbonyl (C=O) groups is 1. The number of benzene rings is 2. The zero-order chi connectivity index (χ0) is 17.3. The summed E-state index contributed by atoms with van der Waals surface area (Å²) < 4.78 is 11.2. The quantitative estimate of drug-likeness (QED) is 0.849. The summed E-state index contributed by atoms with van der Waals surface area (Å²) in [6.07, 6.45) is 0.666. The summed E-state index contributed by atoms with van der Waals surface area (Å²) in [6.45, 7) is 4.02. The maximum absolute atomic E-state index is 12.6. The number of nitrogen functional groups attached to an aromatic ring is 1. The Labute approximate surface area is 141 Å². The number of methoxy groups -OCH3 is 1. The lowest BCUT2D eigenvalue weighted by Crippen LogP contribution is -2.41. The van der Waals surface area contributed by atoms with Crippen molar-refractivity contribution in [3.8, 4) is 11.5 Å². The van der Waals surface area contributed by atoms with E-state index in [1.807, 2.05) is 32.0 Å². The van der Waals surface area contributed by atoms with Crippen molar-refractivity contribution in [3.05, 3.63) is 53.6 Å². The summed E-state index contributed by atoms with van der Waals surface area (Å²) in [4.78, 5) is 12.6. The molecular formula is C19H22N2O3. The number of fused-ring (bicyclic) bond motifs is 1. The van der Waals surface area contributed by atoms with Gasteiger partial charge in [-0.15, -0.1) is 0 Å². The molecule has 24 heavy (non-hydrogen) atoms. The van der Waals surface area contributed by atoms with E-state index >= 15 is 0 Å². The SMILES string of the molecule is COc1cccc(C(=O)NC2CC(C)(C)Oc3ccc(N)cc32)c1. The number of nitrogens with two attached hydrogens (primary N) is 1. The first-order valence-corrected chi connectivity index (χ1v) is 7.91. The zero-order valence-electron chi connectivity index (χ0n) is 14.1. The molecule has 126 valence electrons. The van der Waals surface area contributed by atoms with E-state index in [4.69, 9.17) is 15.2 Å². The van der Waals surface area contributed by atoms with Crippen LogP contribution in [0.3, 0.4) is 0 Å². The van der Waals surface area contributed by atoms with Crippen molar-refractivity contribution >= 4 is 11.6 Å². The molecule has 3 N–H and O–H groups in total. The van der Waals surface area contributed by atoms with E-state index in [0.717, 1.165) is 11.3 Å². The Morgan fingerprint density at radius 3 is 2.83 bits per heavy atom. The van der Waals surface area contributed by atoms with E-state index in [1.54, 1.807) is 31.4 Å². The average molecular weight is 326 g/mol. The Morgan fingerprint density at radius 1 is 1.29 bits per heavy atom. The predicted molar refractivity (Wildman–Crippen MR) is 93.4 cm³/mol.